The van der Waals surface area contributed by atoms with Crippen molar-refractivity contribution in [2.75, 3.05) is 0 Å². The Kier molecular flexibility index (Phi) is 3.81. The van der Waals surface area contributed by atoms with Gasteiger partial charge >= 0.3 is 5.97 Å². The van der Waals surface area contributed by atoms with Crippen LogP contribution in [0, 0.1) is 0 Å². The maximum atomic E-state index is 10.6. The summed E-state index contributed by atoms with van der Waals surface area (Å²) in [5.74, 6) is -1.49. The largest absolute Gasteiger partial charge is 0.494 e. The highest BCUT2D eigenvalue weighted by Gasteiger charge is 2.24. The Morgan fingerprint density at radius 3 is 2.13 bits per heavy atom. The van der Waals surface area contributed by atoms with Crippen LogP contribution in [0.3, 0.4) is 0 Å². The van der Waals surface area contributed by atoms with Gasteiger partial charge in [0.15, 0.2) is 11.8 Å². The van der Waals surface area contributed by atoms with Crippen molar-refractivity contribution in [2.45, 2.75) is 17.0 Å². The van der Waals surface area contributed by atoms with Crippen molar-refractivity contribution in [2.24, 2.45) is 0 Å². The molecular formula is C8H11NO4S2. The van der Waals surface area contributed by atoms with Gasteiger partial charge in [-0.05, 0) is 0 Å². The Hall–Kier alpha value is -0.950. The van der Waals surface area contributed by atoms with Gasteiger partial charge in [0, 0.05) is 12.1 Å². The van der Waals surface area contributed by atoms with Crippen LogP contribution in [-0.2, 0) is 4.79 Å². The predicted molar refractivity (Wildman–Crippen MR) is 60.8 cm³/mol. The number of hydrogen-bond acceptors (Lipinski definition) is 5. The van der Waals surface area contributed by atoms with E-state index in [-0.39, 0.29) is 18.2 Å². The minimum absolute atomic E-state index is 0.216. The third-order valence-corrected chi connectivity index (χ3v) is 2.62. The molecule has 0 aliphatic carbocycles. The first-order chi connectivity index (χ1) is 6.93. The second-order valence-electron chi connectivity index (χ2n) is 3.00. The molecule has 1 atom stereocenters. The van der Waals surface area contributed by atoms with E-state index in [0.717, 1.165) is 4.57 Å². The van der Waals surface area contributed by atoms with Crippen LogP contribution >= 0.6 is 25.3 Å². The molecule has 84 valence electrons. The van der Waals surface area contributed by atoms with E-state index in [1.165, 1.54) is 12.1 Å². The van der Waals surface area contributed by atoms with Crippen LogP contribution in [-0.4, -0.2) is 30.4 Å². The third kappa shape index (κ3) is 2.75. The molecule has 15 heavy (non-hydrogen) atoms. The first-order valence-corrected chi connectivity index (χ1v) is 5.14. The molecule has 0 aliphatic rings. The summed E-state index contributed by atoms with van der Waals surface area (Å²) in [7, 11) is 0. The van der Waals surface area contributed by atoms with Gasteiger partial charge in [-0.15, -0.1) is 0 Å². The van der Waals surface area contributed by atoms with Gasteiger partial charge in [0.05, 0.1) is 17.0 Å². The van der Waals surface area contributed by atoms with Crippen molar-refractivity contribution in [3.05, 3.63) is 12.1 Å². The van der Waals surface area contributed by atoms with Crippen molar-refractivity contribution < 1.29 is 20.1 Å². The van der Waals surface area contributed by atoms with Gasteiger partial charge in [-0.2, -0.15) is 25.3 Å². The van der Waals surface area contributed by atoms with Crippen molar-refractivity contribution in [3.63, 3.8) is 0 Å². The molecule has 0 radical (unpaired) electrons. The molecule has 7 heteroatoms. The molecule has 1 aromatic rings. The number of nitrogens with zero attached hydrogens (tertiary/aromatic N) is 1. The van der Waals surface area contributed by atoms with Crippen LogP contribution in [0.2, 0.25) is 0 Å². The molecule has 0 aromatic carbocycles. The highest BCUT2D eigenvalue weighted by molar-refractivity contribution is 7.99. The summed E-state index contributed by atoms with van der Waals surface area (Å²) in [6.07, 6.45) is -0.284. The van der Waals surface area contributed by atoms with Gasteiger partial charge in [-0.1, -0.05) is 0 Å². The van der Waals surface area contributed by atoms with Gasteiger partial charge < -0.3 is 15.3 Å². The molecule has 1 heterocycles. The summed E-state index contributed by atoms with van der Waals surface area (Å²) in [4.78, 5) is 10.6. The zero-order valence-electron chi connectivity index (χ0n) is 7.61. The molecule has 0 fully saturated rings. The van der Waals surface area contributed by atoms with Gasteiger partial charge in [-0.3, -0.25) is 9.36 Å². The van der Waals surface area contributed by atoms with Gasteiger partial charge in [-0.25, -0.2) is 0 Å². The highest BCUT2D eigenvalue weighted by atomic mass is 32.2. The maximum absolute atomic E-state index is 10.6. The summed E-state index contributed by atoms with van der Waals surface area (Å²) in [5.41, 5.74) is 0. The van der Waals surface area contributed by atoms with Crippen LogP contribution in [0.25, 0.3) is 0 Å². The summed E-state index contributed by atoms with van der Waals surface area (Å²) >= 11 is 8.01. The number of carbonyl (C=O) groups is 1. The van der Waals surface area contributed by atoms with Crippen LogP contribution < -0.4 is 0 Å². The normalized spacial score (nSPS) is 13.0. The second-order valence-corrected chi connectivity index (χ2v) is 4.52. The Morgan fingerprint density at radius 2 is 1.80 bits per heavy atom. The fourth-order valence-electron chi connectivity index (χ4n) is 1.28. The average molecular weight is 249 g/mol. The number of aliphatic carboxylic acids is 1. The molecule has 0 saturated carbocycles. The molecule has 0 spiro atoms. The smallest absolute Gasteiger partial charge is 0.305 e. The SMILES string of the molecule is O=C(O)CC(C(S)S)n1c(O)ccc1O. The van der Waals surface area contributed by atoms with Crippen LogP contribution in [0.15, 0.2) is 12.1 Å². The van der Waals surface area contributed by atoms with E-state index in [2.05, 4.69) is 25.3 Å². The van der Waals surface area contributed by atoms with Crippen molar-refractivity contribution in [3.8, 4) is 11.8 Å². The summed E-state index contributed by atoms with van der Waals surface area (Å²) < 4.78 is 0.476. The molecule has 0 bridgehead atoms. The molecule has 5 nitrogen and oxygen atoms in total. The molecular weight excluding hydrogens is 238 g/mol. The number of thiol groups is 2. The molecule has 3 N–H and O–H groups in total. The standard InChI is InChI=1S/C8H11NO4S2/c10-5-1-2-6(11)9(5)4(8(14)15)3-7(12)13/h1-2,4,8,10-11,14-15H,3H2,(H,12,13). The monoisotopic (exact) mass is 249 g/mol. The molecule has 0 saturated heterocycles. The Morgan fingerprint density at radius 1 is 1.33 bits per heavy atom. The Labute approximate surface area is 97.2 Å². The zero-order chi connectivity index (χ0) is 11.6. The maximum Gasteiger partial charge on any atom is 0.305 e. The van der Waals surface area contributed by atoms with Crippen molar-refractivity contribution in [1.29, 1.82) is 0 Å². The van der Waals surface area contributed by atoms with Crippen LogP contribution in [0.4, 0.5) is 0 Å². The lowest BCUT2D eigenvalue weighted by Gasteiger charge is -2.21. The molecule has 1 unspecified atom stereocenters. The number of rotatable bonds is 4. The molecule has 0 aliphatic heterocycles. The average Bonchev–Trinajstić information content (AvgIpc) is 2.42. The third-order valence-electron chi connectivity index (χ3n) is 1.93. The zero-order valence-corrected chi connectivity index (χ0v) is 9.40. The van der Waals surface area contributed by atoms with Crippen molar-refractivity contribution in [1.82, 2.24) is 4.57 Å². The van der Waals surface area contributed by atoms with E-state index >= 15 is 0 Å². The van der Waals surface area contributed by atoms with E-state index in [1.807, 2.05) is 0 Å². The summed E-state index contributed by atoms with van der Waals surface area (Å²) in [6.45, 7) is 0. The minimum Gasteiger partial charge on any atom is -0.494 e. The van der Waals surface area contributed by atoms with E-state index < -0.39 is 16.6 Å². The fraction of sp³-hybridized carbons (Fsp3) is 0.375. The summed E-state index contributed by atoms with van der Waals surface area (Å²) in [5, 5.41) is 27.5. The minimum atomic E-state index is -1.05. The van der Waals surface area contributed by atoms with Crippen LogP contribution in [0.5, 0.6) is 11.8 Å². The second kappa shape index (κ2) is 4.71. The Balaban J connectivity index is 3.04. The summed E-state index contributed by atoms with van der Waals surface area (Å²) in [6, 6.07) is 1.83. The van der Waals surface area contributed by atoms with E-state index in [4.69, 9.17) is 5.11 Å². The first kappa shape index (κ1) is 12.1. The number of carboxylic acids is 1. The van der Waals surface area contributed by atoms with Crippen molar-refractivity contribution >= 4 is 31.2 Å². The first-order valence-electron chi connectivity index (χ1n) is 4.10. The number of aromatic hydroxyl groups is 2. The quantitative estimate of drug-likeness (QED) is 0.409. The van der Waals surface area contributed by atoms with Gasteiger partial charge in [0.25, 0.3) is 0 Å². The van der Waals surface area contributed by atoms with E-state index in [9.17, 15) is 15.0 Å². The lowest BCUT2D eigenvalue weighted by molar-refractivity contribution is -0.137. The van der Waals surface area contributed by atoms with E-state index in [1.54, 1.807) is 0 Å². The van der Waals surface area contributed by atoms with Gasteiger partial charge in [0.2, 0.25) is 0 Å². The fourth-order valence-corrected chi connectivity index (χ4v) is 1.75. The van der Waals surface area contributed by atoms with E-state index in [0.29, 0.717) is 0 Å². The molecule has 0 amide bonds. The lowest BCUT2D eigenvalue weighted by atomic mass is 10.2. The predicted octanol–water partition coefficient (Wildman–Crippen LogP) is 1.10. The van der Waals surface area contributed by atoms with Crippen LogP contribution in [0.1, 0.15) is 12.5 Å². The number of carboxylic acid groups (broad SMARTS) is 1. The highest BCUT2D eigenvalue weighted by Crippen LogP contribution is 2.33. The Bertz CT molecular complexity index is 344. The molecule has 1 rings (SSSR count). The topological polar surface area (TPSA) is 82.7 Å². The lowest BCUT2D eigenvalue weighted by Crippen LogP contribution is -2.19. The number of aromatic nitrogens is 1. The van der Waals surface area contributed by atoms with Gasteiger partial charge in [0.1, 0.15) is 0 Å². The number of hydrogen-bond donors (Lipinski definition) is 5. The molecule has 1 aromatic heterocycles.